The molecule has 2 N–H and O–H groups in total. The fourth-order valence-corrected chi connectivity index (χ4v) is 4.15. The molecule has 7 heteroatoms. The number of carboxylic acid groups (broad SMARTS) is 1. The van der Waals surface area contributed by atoms with Crippen LogP contribution in [-0.4, -0.2) is 35.5 Å². The lowest BCUT2D eigenvalue weighted by Crippen LogP contribution is -2.47. The van der Waals surface area contributed by atoms with Crippen molar-refractivity contribution in [2.24, 2.45) is 5.92 Å². The predicted molar refractivity (Wildman–Crippen MR) is 96.4 cm³/mol. The van der Waals surface area contributed by atoms with E-state index in [1.807, 2.05) is 32.0 Å². The maximum absolute atomic E-state index is 12.8. The van der Waals surface area contributed by atoms with E-state index in [4.69, 9.17) is 0 Å². The number of amides is 2. The third-order valence-corrected chi connectivity index (χ3v) is 5.68. The minimum absolute atomic E-state index is 0.0975. The van der Waals surface area contributed by atoms with Gasteiger partial charge in [-0.05, 0) is 50.5 Å². The van der Waals surface area contributed by atoms with Gasteiger partial charge in [-0.25, -0.2) is 0 Å². The molecule has 1 saturated carbocycles. The van der Waals surface area contributed by atoms with Crippen molar-refractivity contribution in [3.8, 4) is 0 Å². The summed E-state index contributed by atoms with van der Waals surface area (Å²) in [6.07, 6.45) is 2.02. The Bertz CT molecular complexity index is 747. The first-order valence-electron chi connectivity index (χ1n) is 8.36. The third-order valence-electron chi connectivity index (χ3n) is 5.18. The summed E-state index contributed by atoms with van der Waals surface area (Å²) >= 11 is 3.42. The van der Waals surface area contributed by atoms with Gasteiger partial charge in [0.05, 0.1) is 11.3 Å². The van der Waals surface area contributed by atoms with E-state index in [1.54, 1.807) is 0 Å². The Labute approximate surface area is 154 Å². The van der Waals surface area contributed by atoms with Crippen molar-refractivity contribution in [3.63, 3.8) is 0 Å². The van der Waals surface area contributed by atoms with Gasteiger partial charge in [0.2, 0.25) is 11.8 Å². The SMILES string of the molecule is CC1(C)C(=O)N(CC(=O)N[C@@H]2CCC[C@@H]2C(=O)O)c2ccc(Br)cc21. The van der Waals surface area contributed by atoms with Crippen molar-refractivity contribution < 1.29 is 19.5 Å². The number of carboxylic acids is 1. The van der Waals surface area contributed by atoms with E-state index < -0.39 is 17.3 Å². The highest BCUT2D eigenvalue weighted by Crippen LogP contribution is 2.42. The molecular formula is C18H21BrN2O4. The number of carbonyl (C=O) groups excluding carboxylic acids is 2. The van der Waals surface area contributed by atoms with Crippen LogP contribution in [0.1, 0.15) is 38.7 Å². The minimum atomic E-state index is -0.878. The molecule has 1 aliphatic carbocycles. The summed E-state index contributed by atoms with van der Waals surface area (Å²) in [5.41, 5.74) is 0.912. The summed E-state index contributed by atoms with van der Waals surface area (Å²) in [6.45, 7) is 3.59. The molecule has 1 aromatic carbocycles. The fraction of sp³-hybridized carbons (Fsp3) is 0.500. The van der Waals surface area contributed by atoms with E-state index in [9.17, 15) is 19.5 Å². The Morgan fingerprint density at radius 3 is 2.76 bits per heavy atom. The molecule has 1 fully saturated rings. The number of fused-ring (bicyclic) bond motifs is 1. The van der Waals surface area contributed by atoms with Crippen LogP contribution in [-0.2, 0) is 19.8 Å². The number of halogens is 1. The number of benzene rings is 1. The number of nitrogens with one attached hydrogen (secondary N) is 1. The highest BCUT2D eigenvalue weighted by atomic mass is 79.9. The average molecular weight is 409 g/mol. The molecule has 1 aromatic rings. The monoisotopic (exact) mass is 408 g/mol. The Balaban J connectivity index is 1.76. The lowest BCUT2D eigenvalue weighted by atomic mass is 9.86. The first kappa shape index (κ1) is 17.9. The van der Waals surface area contributed by atoms with Gasteiger partial charge in [0, 0.05) is 16.2 Å². The van der Waals surface area contributed by atoms with Crippen molar-refractivity contribution in [2.45, 2.75) is 44.6 Å². The van der Waals surface area contributed by atoms with Crippen molar-refractivity contribution >= 4 is 39.4 Å². The Kier molecular flexibility index (Phi) is 4.62. The zero-order valence-electron chi connectivity index (χ0n) is 14.2. The van der Waals surface area contributed by atoms with E-state index in [1.165, 1.54) is 4.90 Å². The zero-order valence-corrected chi connectivity index (χ0v) is 15.8. The Hall–Kier alpha value is -1.89. The van der Waals surface area contributed by atoms with E-state index in [0.717, 1.165) is 22.1 Å². The molecule has 2 amide bonds. The Morgan fingerprint density at radius 1 is 1.36 bits per heavy atom. The molecule has 25 heavy (non-hydrogen) atoms. The summed E-state index contributed by atoms with van der Waals surface area (Å²) in [5, 5.41) is 12.0. The molecule has 6 nitrogen and oxygen atoms in total. The largest absolute Gasteiger partial charge is 0.481 e. The molecule has 134 valence electrons. The zero-order chi connectivity index (χ0) is 18.4. The summed E-state index contributed by atoms with van der Waals surface area (Å²) in [5.74, 6) is -1.87. The number of rotatable bonds is 4. The molecule has 0 unspecified atom stereocenters. The lowest BCUT2D eigenvalue weighted by Gasteiger charge is -2.22. The summed E-state index contributed by atoms with van der Waals surface area (Å²) in [4.78, 5) is 38.0. The molecule has 2 aliphatic rings. The second-order valence-electron chi connectivity index (χ2n) is 7.23. The molecular weight excluding hydrogens is 388 g/mol. The van der Waals surface area contributed by atoms with Crippen LogP contribution < -0.4 is 10.2 Å². The first-order chi connectivity index (χ1) is 11.7. The molecule has 0 saturated heterocycles. The van der Waals surface area contributed by atoms with Crippen LogP contribution in [0.25, 0.3) is 0 Å². The number of carbonyl (C=O) groups is 3. The molecule has 1 aliphatic heterocycles. The quantitative estimate of drug-likeness (QED) is 0.800. The molecule has 3 rings (SSSR count). The van der Waals surface area contributed by atoms with Gasteiger partial charge in [-0.3, -0.25) is 14.4 Å². The van der Waals surface area contributed by atoms with E-state index in [0.29, 0.717) is 12.8 Å². The smallest absolute Gasteiger partial charge is 0.308 e. The minimum Gasteiger partial charge on any atom is -0.481 e. The molecule has 0 bridgehead atoms. The van der Waals surface area contributed by atoms with Crippen LogP contribution in [0, 0.1) is 5.92 Å². The summed E-state index contributed by atoms with van der Waals surface area (Å²) in [6, 6.07) is 5.22. The van der Waals surface area contributed by atoms with Crippen molar-refractivity contribution in [1.82, 2.24) is 5.32 Å². The van der Waals surface area contributed by atoms with Gasteiger partial charge in [-0.2, -0.15) is 0 Å². The van der Waals surface area contributed by atoms with E-state index in [-0.39, 0.29) is 24.4 Å². The van der Waals surface area contributed by atoms with Crippen LogP contribution in [0.15, 0.2) is 22.7 Å². The van der Waals surface area contributed by atoms with Crippen molar-refractivity contribution in [3.05, 3.63) is 28.2 Å². The molecule has 0 aromatic heterocycles. The Morgan fingerprint density at radius 2 is 2.08 bits per heavy atom. The van der Waals surface area contributed by atoms with Gasteiger partial charge in [0.15, 0.2) is 0 Å². The normalized spacial score (nSPS) is 24.3. The highest BCUT2D eigenvalue weighted by Gasteiger charge is 2.44. The number of nitrogens with zero attached hydrogens (tertiary/aromatic N) is 1. The van der Waals surface area contributed by atoms with E-state index in [2.05, 4.69) is 21.2 Å². The van der Waals surface area contributed by atoms with Crippen LogP contribution in [0.4, 0.5) is 5.69 Å². The predicted octanol–water partition coefficient (Wildman–Crippen LogP) is 2.44. The second-order valence-corrected chi connectivity index (χ2v) is 8.14. The first-order valence-corrected chi connectivity index (χ1v) is 9.15. The van der Waals surface area contributed by atoms with Gasteiger partial charge < -0.3 is 15.3 Å². The molecule has 1 heterocycles. The van der Waals surface area contributed by atoms with Crippen LogP contribution >= 0.6 is 15.9 Å². The van der Waals surface area contributed by atoms with Crippen LogP contribution in [0.2, 0.25) is 0 Å². The number of aliphatic carboxylic acids is 1. The van der Waals surface area contributed by atoms with Crippen molar-refractivity contribution in [1.29, 1.82) is 0 Å². The van der Waals surface area contributed by atoms with Crippen LogP contribution in [0.5, 0.6) is 0 Å². The fourth-order valence-electron chi connectivity index (χ4n) is 3.79. The van der Waals surface area contributed by atoms with Crippen LogP contribution in [0.3, 0.4) is 0 Å². The van der Waals surface area contributed by atoms with Gasteiger partial charge in [-0.15, -0.1) is 0 Å². The van der Waals surface area contributed by atoms with Gasteiger partial charge in [0.1, 0.15) is 6.54 Å². The topological polar surface area (TPSA) is 86.7 Å². The summed E-state index contributed by atoms with van der Waals surface area (Å²) < 4.78 is 0.883. The van der Waals surface area contributed by atoms with Crippen molar-refractivity contribution in [2.75, 3.05) is 11.4 Å². The van der Waals surface area contributed by atoms with E-state index >= 15 is 0 Å². The molecule has 0 radical (unpaired) electrons. The number of hydrogen-bond donors (Lipinski definition) is 2. The third kappa shape index (κ3) is 3.17. The van der Waals surface area contributed by atoms with Gasteiger partial charge in [0.25, 0.3) is 0 Å². The van der Waals surface area contributed by atoms with Gasteiger partial charge in [-0.1, -0.05) is 22.4 Å². The number of anilines is 1. The molecule has 2 atom stereocenters. The number of hydrogen-bond acceptors (Lipinski definition) is 3. The van der Waals surface area contributed by atoms with Gasteiger partial charge >= 0.3 is 5.97 Å². The second kappa shape index (κ2) is 6.44. The highest BCUT2D eigenvalue weighted by molar-refractivity contribution is 9.10. The lowest BCUT2D eigenvalue weighted by molar-refractivity contribution is -0.142. The average Bonchev–Trinajstić information content (AvgIpc) is 3.06. The standard InChI is InChI=1S/C18H21BrN2O4/c1-18(2)12-8-10(19)6-7-14(12)21(17(18)25)9-15(22)20-13-5-3-4-11(13)16(23)24/h6-8,11,13H,3-5,9H2,1-2H3,(H,20,22)(H,23,24)/t11-,13+/m0/s1. The maximum Gasteiger partial charge on any atom is 0.308 e. The molecule has 0 spiro atoms. The maximum atomic E-state index is 12.8. The summed E-state index contributed by atoms with van der Waals surface area (Å²) in [7, 11) is 0.